The van der Waals surface area contributed by atoms with E-state index in [1.807, 2.05) is 30.3 Å². The number of nitrogens with zero attached hydrogens (tertiary/aromatic N) is 1. The monoisotopic (exact) mass is 276 g/mol. The van der Waals surface area contributed by atoms with Crippen molar-refractivity contribution in [1.82, 2.24) is 4.90 Å². The zero-order valence-electron chi connectivity index (χ0n) is 12.6. The van der Waals surface area contributed by atoms with Crippen LogP contribution < -0.4 is 5.73 Å². The molecule has 0 spiro atoms. The van der Waals surface area contributed by atoms with Crippen LogP contribution in [0.25, 0.3) is 0 Å². The minimum atomic E-state index is -0.892. The first-order valence-corrected chi connectivity index (χ1v) is 7.88. The molecule has 0 saturated heterocycles. The zero-order chi connectivity index (χ0) is 14.4. The quantitative estimate of drug-likeness (QED) is 0.728. The maximum Gasteiger partial charge on any atom is 0.103 e. The third-order valence-corrected chi connectivity index (χ3v) is 4.24. The summed E-state index contributed by atoms with van der Waals surface area (Å²) in [4.78, 5) is 2.49. The summed E-state index contributed by atoms with van der Waals surface area (Å²) >= 11 is 0. The number of rotatable bonds is 9. The molecule has 1 aromatic carbocycles. The Hall–Kier alpha value is -0.900. The standard InChI is InChI=1S/C17H28N2O/c1-2-11-19(13-15-8-9-15)12-10-17(20,14-18)16-6-4-3-5-7-16/h3-7,15,20H,2,8-14,18H2,1H3. The van der Waals surface area contributed by atoms with Gasteiger partial charge in [-0.3, -0.25) is 0 Å². The van der Waals surface area contributed by atoms with E-state index in [4.69, 9.17) is 5.73 Å². The molecule has 1 unspecified atom stereocenters. The summed E-state index contributed by atoms with van der Waals surface area (Å²) in [5.41, 5.74) is 5.89. The molecule has 1 aromatic rings. The minimum Gasteiger partial charge on any atom is -0.384 e. The summed E-state index contributed by atoms with van der Waals surface area (Å²) in [5, 5.41) is 10.8. The van der Waals surface area contributed by atoms with Crippen molar-refractivity contribution in [2.24, 2.45) is 11.7 Å². The molecule has 0 heterocycles. The van der Waals surface area contributed by atoms with Gasteiger partial charge in [0, 0.05) is 19.6 Å². The molecule has 3 nitrogen and oxygen atoms in total. The van der Waals surface area contributed by atoms with Crippen molar-refractivity contribution in [3.63, 3.8) is 0 Å². The Morgan fingerprint density at radius 2 is 1.95 bits per heavy atom. The molecule has 0 aliphatic heterocycles. The molecular weight excluding hydrogens is 248 g/mol. The zero-order valence-corrected chi connectivity index (χ0v) is 12.6. The van der Waals surface area contributed by atoms with Crippen molar-refractivity contribution in [3.05, 3.63) is 35.9 Å². The van der Waals surface area contributed by atoms with Crippen molar-refractivity contribution >= 4 is 0 Å². The molecule has 2 rings (SSSR count). The van der Waals surface area contributed by atoms with Gasteiger partial charge in [0.1, 0.15) is 5.60 Å². The Kier molecular flexibility index (Phi) is 5.58. The molecule has 1 saturated carbocycles. The van der Waals surface area contributed by atoms with E-state index >= 15 is 0 Å². The van der Waals surface area contributed by atoms with Crippen LogP contribution in [0.15, 0.2) is 30.3 Å². The van der Waals surface area contributed by atoms with Gasteiger partial charge in [-0.15, -0.1) is 0 Å². The van der Waals surface area contributed by atoms with Gasteiger partial charge in [-0.2, -0.15) is 0 Å². The predicted molar refractivity (Wildman–Crippen MR) is 83.5 cm³/mol. The summed E-state index contributed by atoms with van der Waals surface area (Å²) in [5.74, 6) is 0.893. The second-order valence-electron chi connectivity index (χ2n) is 6.10. The van der Waals surface area contributed by atoms with Gasteiger partial charge in [0.15, 0.2) is 0 Å². The van der Waals surface area contributed by atoms with Crippen molar-refractivity contribution in [2.75, 3.05) is 26.2 Å². The maximum absolute atomic E-state index is 10.8. The van der Waals surface area contributed by atoms with E-state index in [2.05, 4.69) is 11.8 Å². The van der Waals surface area contributed by atoms with Crippen LogP contribution in [0.2, 0.25) is 0 Å². The Morgan fingerprint density at radius 3 is 2.50 bits per heavy atom. The van der Waals surface area contributed by atoms with E-state index in [1.54, 1.807) is 0 Å². The molecule has 20 heavy (non-hydrogen) atoms. The number of nitrogens with two attached hydrogens (primary N) is 1. The van der Waals surface area contributed by atoms with Gasteiger partial charge in [-0.1, -0.05) is 37.3 Å². The van der Waals surface area contributed by atoms with Gasteiger partial charge >= 0.3 is 0 Å². The first kappa shape index (κ1) is 15.5. The summed E-state index contributed by atoms with van der Waals surface area (Å²) < 4.78 is 0. The Morgan fingerprint density at radius 1 is 1.25 bits per heavy atom. The Balaban J connectivity index is 1.94. The van der Waals surface area contributed by atoms with E-state index in [1.165, 1.54) is 25.8 Å². The van der Waals surface area contributed by atoms with E-state index in [0.29, 0.717) is 6.42 Å². The second kappa shape index (κ2) is 7.21. The van der Waals surface area contributed by atoms with Gasteiger partial charge < -0.3 is 15.7 Å². The summed E-state index contributed by atoms with van der Waals surface area (Å²) in [6.07, 6.45) is 4.62. The van der Waals surface area contributed by atoms with Gasteiger partial charge in [0.25, 0.3) is 0 Å². The third-order valence-electron chi connectivity index (χ3n) is 4.24. The van der Waals surface area contributed by atoms with E-state index in [-0.39, 0.29) is 6.54 Å². The Bertz CT molecular complexity index is 391. The molecule has 0 radical (unpaired) electrons. The summed E-state index contributed by atoms with van der Waals surface area (Å²) in [6, 6.07) is 9.83. The molecule has 0 bridgehead atoms. The van der Waals surface area contributed by atoms with Crippen LogP contribution in [-0.4, -0.2) is 36.2 Å². The molecule has 1 fully saturated rings. The lowest BCUT2D eigenvalue weighted by molar-refractivity contribution is 0.0252. The van der Waals surface area contributed by atoms with Crippen LogP contribution in [0.4, 0.5) is 0 Å². The molecule has 0 amide bonds. The number of hydrogen-bond donors (Lipinski definition) is 2. The molecule has 1 aliphatic carbocycles. The van der Waals surface area contributed by atoms with Crippen molar-refractivity contribution < 1.29 is 5.11 Å². The number of aliphatic hydroxyl groups is 1. The van der Waals surface area contributed by atoms with Crippen LogP contribution in [-0.2, 0) is 5.60 Å². The predicted octanol–water partition coefficient (Wildman–Crippen LogP) is 2.34. The summed E-state index contributed by atoms with van der Waals surface area (Å²) in [6.45, 7) is 5.72. The third kappa shape index (κ3) is 4.30. The van der Waals surface area contributed by atoms with E-state index < -0.39 is 5.60 Å². The minimum absolute atomic E-state index is 0.278. The van der Waals surface area contributed by atoms with E-state index in [9.17, 15) is 5.11 Å². The van der Waals surface area contributed by atoms with Crippen molar-refractivity contribution in [1.29, 1.82) is 0 Å². The molecular formula is C17H28N2O. The number of benzene rings is 1. The fourth-order valence-corrected chi connectivity index (χ4v) is 2.73. The fourth-order valence-electron chi connectivity index (χ4n) is 2.73. The molecule has 3 N–H and O–H groups in total. The van der Waals surface area contributed by atoms with Gasteiger partial charge in [-0.05, 0) is 43.7 Å². The highest BCUT2D eigenvalue weighted by Crippen LogP contribution is 2.30. The SMILES string of the molecule is CCCN(CCC(O)(CN)c1ccccc1)CC1CC1. The largest absolute Gasteiger partial charge is 0.384 e. The summed E-state index contributed by atoms with van der Waals surface area (Å²) in [7, 11) is 0. The van der Waals surface area contributed by atoms with Crippen molar-refractivity contribution in [2.45, 2.75) is 38.2 Å². The molecule has 1 aliphatic rings. The van der Waals surface area contributed by atoms with E-state index in [0.717, 1.165) is 24.6 Å². The fraction of sp³-hybridized carbons (Fsp3) is 0.647. The van der Waals surface area contributed by atoms with Crippen LogP contribution >= 0.6 is 0 Å². The molecule has 112 valence electrons. The van der Waals surface area contributed by atoms with Gasteiger partial charge in [0.05, 0.1) is 0 Å². The smallest absolute Gasteiger partial charge is 0.103 e. The molecule has 3 heteroatoms. The van der Waals surface area contributed by atoms with Crippen LogP contribution in [0.1, 0.15) is 38.2 Å². The Labute approximate surface area is 122 Å². The van der Waals surface area contributed by atoms with Gasteiger partial charge in [0.2, 0.25) is 0 Å². The lowest BCUT2D eigenvalue weighted by Gasteiger charge is -2.31. The first-order chi connectivity index (χ1) is 9.68. The highest BCUT2D eigenvalue weighted by molar-refractivity contribution is 5.22. The normalized spacial score (nSPS) is 18.2. The lowest BCUT2D eigenvalue weighted by atomic mass is 9.90. The van der Waals surface area contributed by atoms with Crippen LogP contribution in [0.5, 0.6) is 0 Å². The topological polar surface area (TPSA) is 49.5 Å². The van der Waals surface area contributed by atoms with Gasteiger partial charge in [-0.25, -0.2) is 0 Å². The second-order valence-corrected chi connectivity index (χ2v) is 6.10. The first-order valence-electron chi connectivity index (χ1n) is 7.88. The average Bonchev–Trinajstić information content (AvgIpc) is 3.29. The lowest BCUT2D eigenvalue weighted by Crippen LogP contribution is -2.39. The van der Waals surface area contributed by atoms with Crippen LogP contribution in [0, 0.1) is 5.92 Å². The highest BCUT2D eigenvalue weighted by atomic mass is 16.3. The average molecular weight is 276 g/mol. The van der Waals surface area contributed by atoms with Crippen LogP contribution in [0.3, 0.4) is 0 Å². The molecule has 1 atom stereocenters. The number of hydrogen-bond acceptors (Lipinski definition) is 3. The van der Waals surface area contributed by atoms with Crippen molar-refractivity contribution in [3.8, 4) is 0 Å². The highest BCUT2D eigenvalue weighted by Gasteiger charge is 2.29. The molecule has 0 aromatic heterocycles. The maximum atomic E-state index is 10.8.